The van der Waals surface area contributed by atoms with Gasteiger partial charge in [0.2, 0.25) is 0 Å². The molecule has 0 saturated carbocycles. The van der Waals surface area contributed by atoms with Gasteiger partial charge in [0.05, 0.1) is 25.4 Å². The lowest BCUT2D eigenvalue weighted by molar-refractivity contribution is -0.361. The van der Waals surface area contributed by atoms with Gasteiger partial charge >= 0.3 is 11.9 Å². The molecule has 2 fully saturated rings. The van der Waals surface area contributed by atoms with E-state index in [1.54, 1.807) is 42.5 Å². The summed E-state index contributed by atoms with van der Waals surface area (Å²) >= 11 is 0. The maximum Gasteiger partial charge on any atom is 0.338 e. The molecule has 13 heteroatoms. The second-order valence-corrected chi connectivity index (χ2v) is 13.3. The quantitative estimate of drug-likeness (QED) is 0.149. The molecule has 0 spiro atoms. The van der Waals surface area contributed by atoms with Crippen molar-refractivity contribution in [1.82, 2.24) is 0 Å². The molecule has 0 bridgehead atoms. The number of carbonyl (C=O) groups is 2. The molecule has 13 nitrogen and oxygen atoms in total. The summed E-state index contributed by atoms with van der Waals surface area (Å²) in [6.45, 7) is 0.386. The Morgan fingerprint density at radius 3 is 1.71 bits per heavy atom. The van der Waals surface area contributed by atoms with Gasteiger partial charge in [0.1, 0.15) is 43.2 Å². The van der Waals surface area contributed by atoms with Crippen molar-refractivity contribution >= 4 is 11.9 Å². The van der Waals surface area contributed by atoms with Crippen LogP contribution in [0.4, 0.5) is 0 Å². The van der Waals surface area contributed by atoms with E-state index in [0.29, 0.717) is 0 Å². The molecule has 4 aromatic rings. The van der Waals surface area contributed by atoms with Crippen LogP contribution in [0.3, 0.4) is 0 Å². The molecule has 2 aliphatic rings. The highest BCUT2D eigenvalue weighted by atomic mass is 16.8. The summed E-state index contributed by atoms with van der Waals surface area (Å²) in [5, 5.41) is 11.5. The van der Waals surface area contributed by atoms with E-state index in [1.807, 2.05) is 78.9 Å². The largest absolute Gasteiger partial charge is 0.459 e. The summed E-state index contributed by atoms with van der Waals surface area (Å²) in [5.74, 6) is -1.61. The van der Waals surface area contributed by atoms with Gasteiger partial charge in [-0.15, -0.1) is 0 Å². The number of rotatable bonds is 17. The molecule has 2 aliphatic heterocycles. The minimum absolute atomic E-state index is 0.00472. The van der Waals surface area contributed by atoms with Crippen molar-refractivity contribution in [2.45, 2.75) is 81.2 Å². The lowest BCUT2D eigenvalue weighted by Crippen LogP contribution is -2.66. The summed E-state index contributed by atoms with van der Waals surface area (Å²) in [4.78, 5) is 27.2. The molecule has 0 amide bonds. The zero-order valence-electron chi connectivity index (χ0n) is 31.5. The number of esters is 2. The number of benzene rings is 4. The van der Waals surface area contributed by atoms with Crippen molar-refractivity contribution in [2.75, 3.05) is 27.9 Å². The van der Waals surface area contributed by atoms with E-state index < -0.39 is 73.4 Å². The van der Waals surface area contributed by atoms with Crippen LogP contribution in [-0.4, -0.2) is 106 Å². The molecule has 56 heavy (non-hydrogen) atoms. The maximum absolute atomic E-state index is 13.6. The molecule has 298 valence electrons. The van der Waals surface area contributed by atoms with E-state index in [0.717, 1.165) is 16.7 Å². The zero-order chi connectivity index (χ0) is 39.3. The summed E-state index contributed by atoms with van der Waals surface area (Å²) in [6, 6.07) is 36.6. The van der Waals surface area contributed by atoms with E-state index in [4.69, 9.17) is 47.4 Å². The van der Waals surface area contributed by atoms with Crippen molar-refractivity contribution < 1.29 is 62.1 Å². The van der Waals surface area contributed by atoms with Crippen LogP contribution in [0.15, 0.2) is 121 Å². The van der Waals surface area contributed by atoms with Crippen LogP contribution in [0.25, 0.3) is 0 Å². The minimum Gasteiger partial charge on any atom is -0.459 e. The van der Waals surface area contributed by atoms with Crippen molar-refractivity contribution in [1.29, 1.82) is 0 Å². The molecular formula is C43H48O13. The third-order valence-corrected chi connectivity index (χ3v) is 9.57. The van der Waals surface area contributed by atoms with Gasteiger partial charge in [-0.05, 0) is 28.8 Å². The van der Waals surface area contributed by atoms with Crippen LogP contribution in [0.1, 0.15) is 27.0 Å². The molecule has 0 aromatic heterocycles. The first-order valence-electron chi connectivity index (χ1n) is 18.4. The highest BCUT2D eigenvalue weighted by Crippen LogP contribution is 2.35. The van der Waals surface area contributed by atoms with Crippen LogP contribution in [-0.2, 0) is 72.0 Å². The first-order valence-corrected chi connectivity index (χ1v) is 18.4. The van der Waals surface area contributed by atoms with Gasteiger partial charge in [0.25, 0.3) is 0 Å². The standard InChI is InChI=1S/C43H48O13/c1-47-35-33(44)36(41(46)52-26-30-20-12-6-13-21-30)56-43(39(35)54-40(45)31-22-14-7-15-23-31)55-34-32(27-50-24-28-16-8-4-9-17-28)53-42(49-3)38(37(34)48-2)51-25-29-18-10-5-11-19-29/h4-23,32-39,42-44H,24-27H2,1-3H3/t32?,33-,34-,35?,36?,37?,38?,39+,42+,43-/m1/s1. The Morgan fingerprint density at radius 1 is 0.589 bits per heavy atom. The summed E-state index contributed by atoms with van der Waals surface area (Å²) < 4.78 is 61.2. The van der Waals surface area contributed by atoms with Gasteiger partial charge in [-0.2, -0.15) is 0 Å². The Kier molecular flexibility index (Phi) is 15.1. The monoisotopic (exact) mass is 772 g/mol. The number of ether oxygens (including phenoxy) is 10. The Balaban J connectivity index is 1.31. The van der Waals surface area contributed by atoms with Crippen molar-refractivity contribution in [2.24, 2.45) is 0 Å². The fourth-order valence-electron chi connectivity index (χ4n) is 6.70. The van der Waals surface area contributed by atoms with Crippen LogP contribution in [0.2, 0.25) is 0 Å². The second-order valence-electron chi connectivity index (χ2n) is 13.3. The normalized spacial score (nSPS) is 27.6. The van der Waals surface area contributed by atoms with Crippen LogP contribution in [0.5, 0.6) is 0 Å². The first kappa shape index (κ1) is 41.1. The highest BCUT2D eigenvalue weighted by molar-refractivity contribution is 5.89. The number of hydrogen-bond acceptors (Lipinski definition) is 13. The topological polar surface area (TPSA) is 147 Å². The third kappa shape index (κ3) is 10.4. The van der Waals surface area contributed by atoms with E-state index in [2.05, 4.69) is 0 Å². The lowest BCUT2D eigenvalue weighted by Gasteiger charge is -2.48. The van der Waals surface area contributed by atoms with Gasteiger partial charge in [-0.25, -0.2) is 9.59 Å². The van der Waals surface area contributed by atoms with Crippen molar-refractivity contribution in [3.05, 3.63) is 144 Å². The van der Waals surface area contributed by atoms with E-state index >= 15 is 0 Å². The number of aliphatic hydroxyl groups is 1. The molecule has 1 N–H and O–H groups in total. The smallest absolute Gasteiger partial charge is 0.338 e. The molecule has 4 aromatic carbocycles. The summed E-state index contributed by atoms with van der Waals surface area (Å²) in [5.41, 5.74) is 2.81. The van der Waals surface area contributed by atoms with Gasteiger partial charge in [0, 0.05) is 21.3 Å². The van der Waals surface area contributed by atoms with Gasteiger partial charge in [-0.1, -0.05) is 109 Å². The molecule has 6 rings (SSSR count). The number of hydrogen-bond donors (Lipinski definition) is 1. The van der Waals surface area contributed by atoms with Crippen LogP contribution >= 0.6 is 0 Å². The molecule has 0 radical (unpaired) electrons. The molecular weight excluding hydrogens is 724 g/mol. The number of carbonyl (C=O) groups excluding carboxylic acids is 2. The summed E-state index contributed by atoms with van der Waals surface area (Å²) in [6.07, 6.45) is -12.0. The molecule has 0 aliphatic carbocycles. The lowest BCUT2D eigenvalue weighted by atomic mass is 9.96. The van der Waals surface area contributed by atoms with Crippen molar-refractivity contribution in [3.8, 4) is 0 Å². The SMILES string of the molecule is COC1C(OCc2ccccc2)[C@@H](OC)OC(COCc2ccccc2)[C@H]1O[C@@H]1OC(C(=O)OCc2ccccc2)[C@H](O)C(OC)[C@@H]1OC(=O)c1ccccc1. The Morgan fingerprint density at radius 2 is 1.14 bits per heavy atom. The molecule has 2 saturated heterocycles. The highest BCUT2D eigenvalue weighted by Gasteiger charge is 2.55. The van der Waals surface area contributed by atoms with Gasteiger partial charge in [0.15, 0.2) is 24.8 Å². The fraction of sp³-hybridized carbons (Fsp3) is 0.395. The van der Waals surface area contributed by atoms with Crippen LogP contribution < -0.4 is 0 Å². The summed E-state index contributed by atoms with van der Waals surface area (Å²) in [7, 11) is 4.32. The fourth-order valence-corrected chi connectivity index (χ4v) is 6.70. The number of methoxy groups -OCH3 is 3. The van der Waals surface area contributed by atoms with Crippen molar-refractivity contribution in [3.63, 3.8) is 0 Å². The second kappa shape index (κ2) is 20.6. The third-order valence-electron chi connectivity index (χ3n) is 9.57. The average Bonchev–Trinajstić information content (AvgIpc) is 3.24. The predicted molar refractivity (Wildman–Crippen MR) is 200 cm³/mol. The van der Waals surface area contributed by atoms with E-state index in [9.17, 15) is 14.7 Å². The molecule has 10 atom stereocenters. The predicted octanol–water partition coefficient (Wildman–Crippen LogP) is 4.63. The molecule has 2 heterocycles. The van der Waals surface area contributed by atoms with E-state index in [-0.39, 0.29) is 32.0 Å². The zero-order valence-corrected chi connectivity index (χ0v) is 31.5. The number of aliphatic hydroxyl groups excluding tert-OH is 1. The molecule has 5 unspecified atom stereocenters. The average molecular weight is 773 g/mol. The Bertz CT molecular complexity index is 1760. The van der Waals surface area contributed by atoms with Crippen LogP contribution in [0, 0.1) is 0 Å². The van der Waals surface area contributed by atoms with Gasteiger partial charge in [-0.3, -0.25) is 0 Å². The maximum atomic E-state index is 13.6. The van der Waals surface area contributed by atoms with E-state index in [1.165, 1.54) is 21.3 Å². The first-order chi connectivity index (χ1) is 27.4. The Labute approximate surface area is 326 Å². The minimum atomic E-state index is -1.62. The Hall–Kier alpha value is -4.54. The van der Waals surface area contributed by atoms with Gasteiger partial charge < -0.3 is 52.5 Å².